The Labute approximate surface area is 108 Å². The summed E-state index contributed by atoms with van der Waals surface area (Å²) in [5.41, 5.74) is 0. The zero-order valence-corrected chi connectivity index (χ0v) is 11.4. The van der Waals surface area contributed by atoms with E-state index in [1.165, 1.54) is 28.6 Å². The van der Waals surface area contributed by atoms with Crippen molar-refractivity contribution in [3.8, 4) is 5.75 Å². The van der Waals surface area contributed by atoms with Crippen molar-refractivity contribution in [3.05, 3.63) is 24.3 Å². The molecule has 0 bridgehead atoms. The van der Waals surface area contributed by atoms with Gasteiger partial charge in [0.25, 0.3) is 0 Å². The molecule has 1 aromatic rings. The molecule has 0 aliphatic rings. The molecule has 5 nitrogen and oxygen atoms in total. The highest BCUT2D eigenvalue weighted by Crippen LogP contribution is 2.21. The molecule has 0 saturated carbocycles. The number of phenols is 1. The van der Waals surface area contributed by atoms with Gasteiger partial charge in [-0.2, -0.15) is 4.31 Å². The molecule has 0 atom stereocenters. The molecule has 1 rings (SSSR count). The van der Waals surface area contributed by atoms with Gasteiger partial charge >= 0.3 is 0 Å². The van der Waals surface area contributed by atoms with Crippen molar-refractivity contribution in [1.82, 2.24) is 4.31 Å². The molecule has 0 saturated heterocycles. The van der Waals surface area contributed by atoms with Crippen LogP contribution in [0.4, 0.5) is 0 Å². The maximum atomic E-state index is 12.4. The molecule has 0 aromatic heterocycles. The Hall–Kier alpha value is -1.11. The van der Waals surface area contributed by atoms with Crippen LogP contribution in [0.1, 0.15) is 20.3 Å². The largest absolute Gasteiger partial charge is 0.508 e. The van der Waals surface area contributed by atoms with Crippen molar-refractivity contribution in [3.63, 3.8) is 0 Å². The van der Waals surface area contributed by atoms with Crippen molar-refractivity contribution in [2.75, 3.05) is 13.2 Å². The van der Waals surface area contributed by atoms with E-state index in [0.717, 1.165) is 0 Å². The molecular formula is C12H19NO4S. The summed E-state index contributed by atoms with van der Waals surface area (Å²) in [6.07, 6.45) is 0.385. The fraction of sp³-hybridized carbons (Fsp3) is 0.500. The van der Waals surface area contributed by atoms with Crippen LogP contribution in [-0.4, -0.2) is 42.1 Å². The van der Waals surface area contributed by atoms with Crippen LogP contribution in [0, 0.1) is 0 Å². The highest BCUT2D eigenvalue weighted by molar-refractivity contribution is 7.89. The third-order valence-electron chi connectivity index (χ3n) is 2.54. The van der Waals surface area contributed by atoms with Crippen molar-refractivity contribution >= 4 is 10.0 Å². The first kappa shape index (κ1) is 14.9. The number of phenolic OH excluding ortho intramolecular Hbond substituents is 1. The average molecular weight is 273 g/mol. The SMILES string of the molecule is CC(C)N(CCCO)S(=O)(=O)c1cccc(O)c1. The molecule has 18 heavy (non-hydrogen) atoms. The number of aliphatic hydroxyl groups is 1. The topological polar surface area (TPSA) is 77.8 Å². The molecule has 0 spiro atoms. The molecule has 0 heterocycles. The number of hydrogen-bond donors (Lipinski definition) is 2. The van der Waals surface area contributed by atoms with Crippen molar-refractivity contribution < 1.29 is 18.6 Å². The lowest BCUT2D eigenvalue weighted by atomic mass is 10.3. The molecule has 102 valence electrons. The minimum atomic E-state index is -3.63. The summed E-state index contributed by atoms with van der Waals surface area (Å²) in [6, 6.07) is 5.38. The molecule has 0 fully saturated rings. The number of sulfonamides is 1. The summed E-state index contributed by atoms with van der Waals surface area (Å²) < 4.78 is 26.0. The summed E-state index contributed by atoms with van der Waals surface area (Å²) in [7, 11) is -3.63. The molecule has 0 radical (unpaired) electrons. The lowest BCUT2D eigenvalue weighted by Gasteiger charge is -2.25. The molecule has 0 unspecified atom stereocenters. The van der Waals surface area contributed by atoms with Crippen LogP contribution in [0.3, 0.4) is 0 Å². The first-order valence-electron chi connectivity index (χ1n) is 5.81. The minimum absolute atomic E-state index is 0.0568. The first-order chi connectivity index (χ1) is 8.39. The van der Waals surface area contributed by atoms with Crippen molar-refractivity contribution in [1.29, 1.82) is 0 Å². The van der Waals surface area contributed by atoms with Crippen LogP contribution in [-0.2, 0) is 10.0 Å². The normalized spacial score (nSPS) is 12.3. The van der Waals surface area contributed by atoms with E-state index in [1.54, 1.807) is 13.8 Å². The van der Waals surface area contributed by atoms with Gasteiger partial charge in [0, 0.05) is 19.2 Å². The maximum Gasteiger partial charge on any atom is 0.243 e. The van der Waals surface area contributed by atoms with Crippen LogP contribution in [0.15, 0.2) is 29.2 Å². The number of aliphatic hydroxyl groups excluding tert-OH is 1. The Morgan fingerprint density at radius 1 is 1.33 bits per heavy atom. The van der Waals surface area contributed by atoms with E-state index < -0.39 is 10.0 Å². The van der Waals surface area contributed by atoms with E-state index in [2.05, 4.69) is 0 Å². The van der Waals surface area contributed by atoms with Gasteiger partial charge in [0.1, 0.15) is 5.75 Å². The standard InChI is InChI=1S/C12H19NO4S/c1-10(2)13(7-4-8-14)18(16,17)12-6-3-5-11(15)9-12/h3,5-6,9-10,14-15H,4,7-8H2,1-2H3. The Balaban J connectivity index is 3.09. The van der Waals surface area contributed by atoms with E-state index in [1.807, 2.05) is 0 Å². The highest BCUT2D eigenvalue weighted by Gasteiger charge is 2.26. The summed E-state index contributed by atoms with van der Waals surface area (Å²) in [5.74, 6) is -0.0815. The number of rotatable bonds is 6. The third kappa shape index (κ3) is 3.44. The molecule has 0 aliphatic carbocycles. The summed E-state index contributed by atoms with van der Waals surface area (Å²) in [4.78, 5) is 0.0640. The smallest absolute Gasteiger partial charge is 0.243 e. The number of aromatic hydroxyl groups is 1. The average Bonchev–Trinajstić information content (AvgIpc) is 2.28. The summed E-state index contributed by atoms with van der Waals surface area (Å²) in [6.45, 7) is 3.75. The van der Waals surface area contributed by atoms with Gasteiger partial charge in [0.2, 0.25) is 10.0 Å². The second-order valence-corrected chi connectivity index (χ2v) is 6.17. The van der Waals surface area contributed by atoms with Gasteiger partial charge in [-0.05, 0) is 38.5 Å². The second kappa shape index (κ2) is 6.17. The zero-order chi connectivity index (χ0) is 13.8. The van der Waals surface area contributed by atoms with Crippen LogP contribution in [0.25, 0.3) is 0 Å². The highest BCUT2D eigenvalue weighted by atomic mass is 32.2. The number of hydrogen-bond acceptors (Lipinski definition) is 4. The van der Waals surface area contributed by atoms with Gasteiger partial charge in [-0.15, -0.1) is 0 Å². The molecular weight excluding hydrogens is 254 g/mol. The molecule has 2 N–H and O–H groups in total. The van der Waals surface area contributed by atoms with Gasteiger partial charge in [0.05, 0.1) is 4.90 Å². The Bertz CT molecular complexity index is 485. The Morgan fingerprint density at radius 3 is 2.50 bits per heavy atom. The number of nitrogens with zero attached hydrogens (tertiary/aromatic N) is 1. The molecule has 0 aliphatic heterocycles. The fourth-order valence-electron chi connectivity index (χ4n) is 1.66. The van der Waals surface area contributed by atoms with Crippen LogP contribution in [0.5, 0.6) is 5.75 Å². The second-order valence-electron chi connectivity index (χ2n) is 4.28. The van der Waals surface area contributed by atoms with Crippen molar-refractivity contribution in [2.45, 2.75) is 31.2 Å². The predicted octanol–water partition coefficient (Wildman–Crippen LogP) is 1.17. The van der Waals surface area contributed by atoms with Crippen LogP contribution < -0.4 is 0 Å². The zero-order valence-electron chi connectivity index (χ0n) is 10.6. The van der Waals surface area contributed by atoms with Gasteiger partial charge in [0.15, 0.2) is 0 Å². The fourth-order valence-corrected chi connectivity index (χ4v) is 3.38. The first-order valence-corrected chi connectivity index (χ1v) is 7.25. The lowest BCUT2D eigenvalue weighted by molar-refractivity contribution is 0.258. The monoisotopic (exact) mass is 273 g/mol. The van der Waals surface area contributed by atoms with Gasteiger partial charge in [-0.1, -0.05) is 6.07 Å². The minimum Gasteiger partial charge on any atom is -0.508 e. The van der Waals surface area contributed by atoms with E-state index >= 15 is 0 Å². The Kier molecular flexibility index (Phi) is 5.13. The number of benzene rings is 1. The van der Waals surface area contributed by atoms with Crippen LogP contribution in [0.2, 0.25) is 0 Å². The van der Waals surface area contributed by atoms with Gasteiger partial charge in [-0.25, -0.2) is 8.42 Å². The molecule has 1 aromatic carbocycles. The van der Waals surface area contributed by atoms with E-state index in [4.69, 9.17) is 5.11 Å². The molecule has 6 heteroatoms. The van der Waals surface area contributed by atoms with E-state index in [9.17, 15) is 13.5 Å². The molecule has 0 amide bonds. The van der Waals surface area contributed by atoms with E-state index in [-0.39, 0.29) is 29.8 Å². The van der Waals surface area contributed by atoms with E-state index in [0.29, 0.717) is 6.42 Å². The maximum absolute atomic E-state index is 12.4. The van der Waals surface area contributed by atoms with Crippen molar-refractivity contribution in [2.24, 2.45) is 0 Å². The van der Waals surface area contributed by atoms with Gasteiger partial charge in [-0.3, -0.25) is 0 Å². The van der Waals surface area contributed by atoms with Gasteiger partial charge < -0.3 is 10.2 Å². The van der Waals surface area contributed by atoms with Crippen LogP contribution >= 0.6 is 0 Å². The summed E-state index contributed by atoms with van der Waals surface area (Å²) >= 11 is 0. The third-order valence-corrected chi connectivity index (χ3v) is 4.61. The summed E-state index contributed by atoms with van der Waals surface area (Å²) in [5, 5.41) is 18.2. The Morgan fingerprint density at radius 2 is 2.00 bits per heavy atom. The quantitative estimate of drug-likeness (QED) is 0.815. The predicted molar refractivity (Wildman–Crippen MR) is 68.8 cm³/mol. The lowest BCUT2D eigenvalue weighted by Crippen LogP contribution is -2.38.